The van der Waals surface area contributed by atoms with Crippen molar-refractivity contribution in [2.24, 2.45) is 0 Å². The maximum Gasteiger partial charge on any atom is 0.253 e. The number of nitrogens with zero attached hydrogens (tertiary/aromatic N) is 1. The highest BCUT2D eigenvalue weighted by Crippen LogP contribution is 2.29. The van der Waals surface area contributed by atoms with Gasteiger partial charge in [-0.1, -0.05) is 6.07 Å². The number of rotatable bonds is 7. The average molecular weight is 356 g/mol. The third-order valence-corrected chi connectivity index (χ3v) is 4.30. The SMILES string of the molecule is COc1cc(CNC(=O)c2ccc(C)nc2)ccc1OCC1CCCO1. The Kier molecular flexibility index (Phi) is 6.07. The summed E-state index contributed by atoms with van der Waals surface area (Å²) in [6.07, 6.45) is 3.84. The zero-order chi connectivity index (χ0) is 18.4. The van der Waals surface area contributed by atoms with Crippen LogP contribution in [0.4, 0.5) is 0 Å². The molecule has 1 fully saturated rings. The summed E-state index contributed by atoms with van der Waals surface area (Å²) in [4.78, 5) is 16.3. The Bertz CT molecular complexity index is 740. The first-order valence-corrected chi connectivity index (χ1v) is 8.78. The summed E-state index contributed by atoms with van der Waals surface area (Å²) < 4.78 is 16.8. The lowest BCUT2D eigenvalue weighted by molar-refractivity contribution is 0.0669. The molecule has 0 bridgehead atoms. The quantitative estimate of drug-likeness (QED) is 0.826. The molecule has 6 heteroatoms. The van der Waals surface area contributed by atoms with Gasteiger partial charge in [0.05, 0.1) is 18.8 Å². The van der Waals surface area contributed by atoms with Crippen LogP contribution in [-0.4, -0.2) is 37.3 Å². The first kappa shape index (κ1) is 18.2. The maximum absolute atomic E-state index is 12.2. The van der Waals surface area contributed by atoms with Crippen molar-refractivity contribution >= 4 is 5.91 Å². The van der Waals surface area contributed by atoms with Crippen molar-refractivity contribution in [3.8, 4) is 11.5 Å². The van der Waals surface area contributed by atoms with E-state index < -0.39 is 0 Å². The van der Waals surface area contributed by atoms with E-state index in [0.717, 1.165) is 30.7 Å². The molecule has 6 nitrogen and oxygen atoms in total. The highest BCUT2D eigenvalue weighted by atomic mass is 16.5. The Balaban J connectivity index is 1.57. The Morgan fingerprint density at radius 2 is 2.19 bits per heavy atom. The summed E-state index contributed by atoms with van der Waals surface area (Å²) in [6.45, 7) is 3.61. The number of carbonyl (C=O) groups is 1. The molecule has 1 aliphatic heterocycles. The predicted molar refractivity (Wildman–Crippen MR) is 97.6 cm³/mol. The van der Waals surface area contributed by atoms with Gasteiger partial charge in [0.1, 0.15) is 6.61 Å². The van der Waals surface area contributed by atoms with E-state index in [4.69, 9.17) is 14.2 Å². The number of methoxy groups -OCH3 is 1. The molecule has 3 rings (SSSR count). The van der Waals surface area contributed by atoms with Gasteiger partial charge in [-0.05, 0) is 49.6 Å². The molecule has 1 unspecified atom stereocenters. The standard InChI is InChI=1S/C20H24N2O4/c1-14-5-7-16(12-21-14)20(23)22-11-15-6-8-18(19(10-15)24-2)26-13-17-4-3-9-25-17/h5-8,10,12,17H,3-4,9,11,13H2,1-2H3,(H,22,23). The number of ether oxygens (including phenoxy) is 3. The van der Waals surface area contributed by atoms with E-state index in [1.807, 2.05) is 31.2 Å². The summed E-state index contributed by atoms with van der Waals surface area (Å²) in [7, 11) is 1.61. The zero-order valence-corrected chi connectivity index (χ0v) is 15.2. The lowest BCUT2D eigenvalue weighted by Crippen LogP contribution is -2.23. The van der Waals surface area contributed by atoms with E-state index in [2.05, 4.69) is 10.3 Å². The molecule has 0 spiro atoms. The largest absolute Gasteiger partial charge is 0.493 e. The van der Waals surface area contributed by atoms with Crippen LogP contribution in [0.2, 0.25) is 0 Å². The summed E-state index contributed by atoms with van der Waals surface area (Å²) in [5.41, 5.74) is 2.35. The van der Waals surface area contributed by atoms with Gasteiger partial charge in [-0.15, -0.1) is 0 Å². The van der Waals surface area contributed by atoms with Crippen LogP contribution in [0.15, 0.2) is 36.5 Å². The van der Waals surface area contributed by atoms with Gasteiger partial charge in [-0.2, -0.15) is 0 Å². The molecule has 0 saturated carbocycles. The highest BCUT2D eigenvalue weighted by Gasteiger charge is 2.17. The fourth-order valence-electron chi connectivity index (χ4n) is 2.79. The molecule has 1 saturated heterocycles. The molecule has 26 heavy (non-hydrogen) atoms. The number of nitrogens with one attached hydrogen (secondary N) is 1. The highest BCUT2D eigenvalue weighted by molar-refractivity contribution is 5.93. The van der Waals surface area contributed by atoms with Crippen molar-refractivity contribution in [1.29, 1.82) is 0 Å². The topological polar surface area (TPSA) is 69.7 Å². The van der Waals surface area contributed by atoms with Gasteiger partial charge >= 0.3 is 0 Å². The maximum atomic E-state index is 12.2. The first-order valence-electron chi connectivity index (χ1n) is 8.78. The van der Waals surface area contributed by atoms with Gasteiger partial charge in [0.25, 0.3) is 5.91 Å². The smallest absolute Gasteiger partial charge is 0.253 e. The Morgan fingerprint density at radius 1 is 1.31 bits per heavy atom. The fraction of sp³-hybridized carbons (Fsp3) is 0.400. The minimum Gasteiger partial charge on any atom is -0.493 e. The molecule has 0 radical (unpaired) electrons. The number of hydrogen-bond donors (Lipinski definition) is 1. The summed E-state index contributed by atoms with van der Waals surface area (Å²) in [6, 6.07) is 9.24. The molecule has 138 valence electrons. The minimum absolute atomic E-state index is 0.154. The number of carbonyl (C=O) groups excluding carboxylic acids is 1. The molecule has 1 aliphatic rings. The third kappa shape index (κ3) is 4.73. The fourth-order valence-corrected chi connectivity index (χ4v) is 2.79. The number of amides is 1. The Labute approximate surface area is 153 Å². The van der Waals surface area contributed by atoms with Gasteiger partial charge in [-0.3, -0.25) is 9.78 Å². The van der Waals surface area contributed by atoms with E-state index in [-0.39, 0.29) is 12.0 Å². The average Bonchev–Trinajstić information content (AvgIpc) is 3.19. The second-order valence-electron chi connectivity index (χ2n) is 6.30. The minimum atomic E-state index is -0.157. The summed E-state index contributed by atoms with van der Waals surface area (Å²) in [5, 5.41) is 2.89. The molecule has 1 aromatic heterocycles. The van der Waals surface area contributed by atoms with Crippen molar-refractivity contribution in [3.63, 3.8) is 0 Å². The molecule has 2 aromatic rings. The number of aryl methyl sites for hydroxylation is 1. The lowest BCUT2D eigenvalue weighted by Gasteiger charge is -2.15. The lowest BCUT2D eigenvalue weighted by atomic mass is 10.2. The van der Waals surface area contributed by atoms with E-state index in [0.29, 0.717) is 30.2 Å². The number of benzene rings is 1. The third-order valence-electron chi connectivity index (χ3n) is 4.30. The van der Waals surface area contributed by atoms with Crippen LogP contribution < -0.4 is 14.8 Å². The van der Waals surface area contributed by atoms with Crippen molar-refractivity contribution in [2.75, 3.05) is 20.3 Å². The van der Waals surface area contributed by atoms with E-state index in [1.165, 1.54) is 0 Å². The number of pyridine rings is 1. The van der Waals surface area contributed by atoms with Crippen LogP contribution in [-0.2, 0) is 11.3 Å². The molecule has 1 aromatic carbocycles. The van der Waals surface area contributed by atoms with Crippen molar-refractivity contribution in [2.45, 2.75) is 32.4 Å². The Hall–Kier alpha value is -2.60. The van der Waals surface area contributed by atoms with Gasteiger partial charge in [0.2, 0.25) is 0 Å². The van der Waals surface area contributed by atoms with Crippen molar-refractivity contribution in [1.82, 2.24) is 10.3 Å². The molecular weight excluding hydrogens is 332 g/mol. The molecule has 1 atom stereocenters. The van der Waals surface area contributed by atoms with Crippen LogP contribution in [0, 0.1) is 6.92 Å². The molecule has 0 aliphatic carbocycles. The van der Waals surface area contributed by atoms with Gasteiger partial charge in [-0.25, -0.2) is 0 Å². The Morgan fingerprint density at radius 3 is 2.88 bits per heavy atom. The zero-order valence-electron chi connectivity index (χ0n) is 15.2. The van der Waals surface area contributed by atoms with E-state index in [1.54, 1.807) is 19.4 Å². The second-order valence-corrected chi connectivity index (χ2v) is 6.30. The van der Waals surface area contributed by atoms with E-state index in [9.17, 15) is 4.79 Å². The van der Waals surface area contributed by atoms with Crippen molar-refractivity contribution < 1.29 is 19.0 Å². The first-order chi connectivity index (χ1) is 12.7. The van der Waals surface area contributed by atoms with Gasteiger partial charge in [0, 0.05) is 25.0 Å². The normalized spacial score (nSPS) is 16.3. The van der Waals surface area contributed by atoms with Crippen LogP contribution in [0.3, 0.4) is 0 Å². The second kappa shape index (κ2) is 8.67. The number of aromatic nitrogens is 1. The van der Waals surface area contributed by atoms with Crippen LogP contribution in [0.1, 0.15) is 34.5 Å². The molecular formula is C20H24N2O4. The number of hydrogen-bond acceptors (Lipinski definition) is 5. The van der Waals surface area contributed by atoms with Crippen LogP contribution in [0.5, 0.6) is 11.5 Å². The summed E-state index contributed by atoms with van der Waals surface area (Å²) >= 11 is 0. The monoisotopic (exact) mass is 356 g/mol. The summed E-state index contributed by atoms with van der Waals surface area (Å²) in [5.74, 6) is 1.17. The van der Waals surface area contributed by atoms with Gasteiger partial charge < -0.3 is 19.5 Å². The van der Waals surface area contributed by atoms with Crippen molar-refractivity contribution in [3.05, 3.63) is 53.3 Å². The molecule has 2 heterocycles. The molecule has 1 amide bonds. The van der Waals surface area contributed by atoms with Crippen LogP contribution >= 0.6 is 0 Å². The van der Waals surface area contributed by atoms with Gasteiger partial charge in [0.15, 0.2) is 11.5 Å². The van der Waals surface area contributed by atoms with E-state index >= 15 is 0 Å². The van der Waals surface area contributed by atoms with Crippen LogP contribution in [0.25, 0.3) is 0 Å². The molecule has 1 N–H and O–H groups in total. The predicted octanol–water partition coefficient (Wildman–Crippen LogP) is 2.89.